The Morgan fingerprint density at radius 3 is 2.20 bits per heavy atom. The van der Waals surface area contributed by atoms with Crippen LogP contribution in [-0.4, -0.2) is 20.0 Å². The number of halogens is 1. The van der Waals surface area contributed by atoms with Gasteiger partial charge in [0.2, 0.25) is 5.78 Å². The van der Waals surface area contributed by atoms with Crippen molar-refractivity contribution in [1.82, 2.24) is 0 Å². The second-order valence-corrected chi connectivity index (χ2v) is 5.06. The number of nitrogen functional groups attached to an aromatic ring is 1. The molecule has 0 aliphatic rings. The summed E-state index contributed by atoms with van der Waals surface area (Å²) in [4.78, 5) is 12.7. The normalized spacial score (nSPS) is 10.2. The van der Waals surface area contributed by atoms with E-state index in [2.05, 4.69) is 15.9 Å². The lowest BCUT2D eigenvalue weighted by Crippen LogP contribution is -2.07. The highest BCUT2D eigenvalue weighted by Gasteiger charge is 2.20. The summed E-state index contributed by atoms with van der Waals surface area (Å²) < 4.78 is 11.2. The minimum atomic E-state index is -0.202. The van der Waals surface area contributed by atoms with Gasteiger partial charge >= 0.3 is 0 Å². The maximum Gasteiger partial charge on any atom is 0.200 e. The lowest BCUT2D eigenvalue weighted by molar-refractivity contribution is 0.103. The van der Waals surface area contributed by atoms with Crippen molar-refractivity contribution in [3.8, 4) is 11.5 Å². The molecule has 0 spiro atoms. The molecule has 0 aromatic heterocycles. The summed E-state index contributed by atoms with van der Waals surface area (Å²) in [6, 6.07) is 10.3. The van der Waals surface area contributed by atoms with Crippen molar-refractivity contribution in [3.63, 3.8) is 0 Å². The van der Waals surface area contributed by atoms with Gasteiger partial charge in [-0.1, -0.05) is 22.0 Å². The van der Waals surface area contributed by atoms with E-state index in [0.29, 0.717) is 28.3 Å². The molecule has 0 bridgehead atoms. The first kappa shape index (κ1) is 14.4. The van der Waals surface area contributed by atoms with Crippen molar-refractivity contribution >= 4 is 27.4 Å². The Hall–Kier alpha value is -2.01. The molecule has 0 saturated heterocycles. The molecular formula is C15H14BrNO3. The van der Waals surface area contributed by atoms with Gasteiger partial charge in [-0.2, -0.15) is 0 Å². The summed E-state index contributed by atoms with van der Waals surface area (Å²) in [7, 11) is 3.03. The third kappa shape index (κ3) is 2.77. The largest absolute Gasteiger partial charge is 0.496 e. The van der Waals surface area contributed by atoms with Gasteiger partial charge in [0.1, 0.15) is 17.1 Å². The molecule has 0 amide bonds. The van der Waals surface area contributed by atoms with Gasteiger partial charge in [-0.15, -0.1) is 0 Å². The molecule has 2 aromatic carbocycles. The minimum absolute atomic E-state index is 0.202. The lowest BCUT2D eigenvalue weighted by Gasteiger charge is -2.12. The van der Waals surface area contributed by atoms with Crippen LogP contribution in [0.2, 0.25) is 0 Å². The highest BCUT2D eigenvalue weighted by Crippen LogP contribution is 2.31. The van der Waals surface area contributed by atoms with E-state index in [1.807, 2.05) is 0 Å². The predicted octanol–water partition coefficient (Wildman–Crippen LogP) is 3.28. The molecule has 20 heavy (non-hydrogen) atoms. The first-order chi connectivity index (χ1) is 9.56. The third-order valence-corrected chi connectivity index (χ3v) is 3.30. The molecule has 5 heteroatoms. The van der Waals surface area contributed by atoms with Crippen LogP contribution in [0.4, 0.5) is 5.69 Å². The van der Waals surface area contributed by atoms with Crippen LogP contribution in [0.25, 0.3) is 0 Å². The highest BCUT2D eigenvalue weighted by atomic mass is 79.9. The van der Waals surface area contributed by atoms with E-state index in [1.54, 1.807) is 36.4 Å². The van der Waals surface area contributed by atoms with E-state index in [-0.39, 0.29) is 5.78 Å². The topological polar surface area (TPSA) is 61.5 Å². The van der Waals surface area contributed by atoms with Crippen molar-refractivity contribution in [1.29, 1.82) is 0 Å². The van der Waals surface area contributed by atoms with Crippen molar-refractivity contribution in [3.05, 3.63) is 52.0 Å². The maximum absolute atomic E-state index is 12.7. The average molecular weight is 336 g/mol. The Kier molecular flexibility index (Phi) is 4.29. The first-order valence-electron chi connectivity index (χ1n) is 5.88. The molecule has 2 aromatic rings. The number of rotatable bonds is 4. The van der Waals surface area contributed by atoms with Crippen LogP contribution in [0.15, 0.2) is 40.9 Å². The van der Waals surface area contributed by atoms with Gasteiger partial charge in [-0.05, 0) is 30.3 Å². The SMILES string of the molecule is COc1cccc(OC)c1C(=O)c1cc(N)cc(Br)c1. The highest BCUT2D eigenvalue weighted by molar-refractivity contribution is 9.10. The second kappa shape index (κ2) is 5.96. The third-order valence-electron chi connectivity index (χ3n) is 2.84. The number of carbonyl (C=O) groups is 1. The standard InChI is InChI=1S/C15H14BrNO3/c1-19-12-4-3-5-13(20-2)14(12)15(18)9-6-10(16)8-11(17)7-9/h3-8H,17H2,1-2H3. The number of ketones is 1. The number of methoxy groups -OCH3 is 2. The molecule has 0 aliphatic carbocycles. The molecular weight excluding hydrogens is 322 g/mol. The van der Waals surface area contributed by atoms with Crippen molar-refractivity contribution in [2.45, 2.75) is 0 Å². The van der Waals surface area contributed by atoms with Gasteiger partial charge in [0.05, 0.1) is 14.2 Å². The van der Waals surface area contributed by atoms with Gasteiger partial charge in [0, 0.05) is 15.7 Å². The molecule has 0 aliphatic heterocycles. The van der Waals surface area contributed by atoms with Crippen LogP contribution in [0.1, 0.15) is 15.9 Å². The summed E-state index contributed by atoms with van der Waals surface area (Å²) in [5, 5.41) is 0. The zero-order valence-electron chi connectivity index (χ0n) is 11.1. The summed E-state index contributed by atoms with van der Waals surface area (Å²) in [6.45, 7) is 0. The smallest absolute Gasteiger partial charge is 0.200 e. The molecule has 2 rings (SSSR count). The van der Waals surface area contributed by atoms with E-state index >= 15 is 0 Å². The van der Waals surface area contributed by atoms with Gasteiger partial charge in [-0.3, -0.25) is 4.79 Å². The number of hydrogen-bond acceptors (Lipinski definition) is 4. The summed E-state index contributed by atoms with van der Waals surface area (Å²) in [6.07, 6.45) is 0. The van der Waals surface area contributed by atoms with E-state index in [4.69, 9.17) is 15.2 Å². The average Bonchev–Trinajstić information content (AvgIpc) is 2.44. The molecule has 0 unspecified atom stereocenters. The van der Waals surface area contributed by atoms with Gasteiger partial charge < -0.3 is 15.2 Å². The fourth-order valence-electron chi connectivity index (χ4n) is 1.96. The van der Waals surface area contributed by atoms with Crippen molar-refractivity contribution in [2.75, 3.05) is 20.0 Å². The molecule has 0 saturated carbocycles. The van der Waals surface area contributed by atoms with E-state index < -0.39 is 0 Å². The Labute approximate surface area is 125 Å². The Bertz CT molecular complexity index is 613. The van der Waals surface area contributed by atoms with Crippen molar-refractivity contribution < 1.29 is 14.3 Å². The Morgan fingerprint density at radius 2 is 1.70 bits per heavy atom. The monoisotopic (exact) mass is 335 g/mol. The van der Waals surface area contributed by atoms with Gasteiger partial charge in [-0.25, -0.2) is 0 Å². The molecule has 0 heterocycles. The quantitative estimate of drug-likeness (QED) is 0.688. The minimum Gasteiger partial charge on any atom is -0.496 e. The zero-order valence-corrected chi connectivity index (χ0v) is 12.7. The molecule has 0 radical (unpaired) electrons. The number of ether oxygens (including phenoxy) is 2. The first-order valence-corrected chi connectivity index (χ1v) is 6.68. The molecule has 104 valence electrons. The summed E-state index contributed by atoms with van der Waals surface area (Å²) in [5.41, 5.74) is 7.14. The molecule has 4 nitrogen and oxygen atoms in total. The van der Waals surface area contributed by atoms with Crippen LogP contribution < -0.4 is 15.2 Å². The Morgan fingerprint density at radius 1 is 1.10 bits per heavy atom. The molecule has 0 fully saturated rings. The lowest BCUT2D eigenvalue weighted by atomic mass is 10.0. The van der Waals surface area contributed by atoms with Crippen LogP contribution >= 0.6 is 15.9 Å². The number of benzene rings is 2. The van der Waals surface area contributed by atoms with Gasteiger partial charge in [0.25, 0.3) is 0 Å². The van der Waals surface area contributed by atoms with E-state index in [0.717, 1.165) is 4.47 Å². The number of carbonyl (C=O) groups excluding carboxylic acids is 1. The van der Waals surface area contributed by atoms with Crippen LogP contribution in [0, 0.1) is 0 Å². The molecule has 0 atom stereocenters. The summed E-state index contributed by atoms with van der Waals surface area (Å²) in [5.74, 6) is 0.730. The predicted molar refractivity (Wildman–Crippen MR) is 81.5 cm³/mol. The van der Waals surface area contributed by atoms with Crippen LogP contribution in [0.5, 0.6) is 11.5 Å². The van der Waals surface area contributed by atoms with Crippen LogP contribution in [-0.2, 0) is 0 Å². The Balaban J connectivity index is 2.58. The van der Waals surface area contributed by atoms with Crippen LogP contribution in [0.3, 0.4) is 0 Å². The van der Waals surface area contributed by atoms with E-state index in [1.165, 1.54) is 14.2 Å². The fourth-order valence-corrected chi connectivity index (χ4v) is 2.47. The van der Waals surface area contributed by atoms with E-state index in [9.17, 15) is 4.79 Å². The summed E-state index contributed by atoms with van der Waals surface area (Å²) >= 11 is 3.33. The van der Waals surface area contributed by atoms with Crippen molar-refractivity contribution in [2.24, 2.45) is 0 Å². The maximum atomic E-state index is 12.7. The van der Waals surface area contributed by atoms with Gasteiger partial charge in [0.15, 0.2) is 0 Å². The number of nitrogens with two attached hydrogens (primary N) is 1. The molecule has 2 N–H and O–H groups in total. The number of anilines is 1. The second-order valence-electron chi connectivity index (χ2n) is 4.14. The fraction of sp³-hybridized carbons (Fsp3) is 0.133. The zero-order chi connectivity index (χ0) is 14.7. The number of hydrogen-bond donors (Lipinski definition) is 1.